The number of nitrogens with zero attached hydrogens (tertiary/aromatic N) is 1. The fourth-order valence-electron chi connectivity index (χ4n) is 2.29. The fraction of sp³-hybridized carbons (Fsp3) is 0.222. The van der Waals surface area contributed by atoms with Crippen LogP contribution in [-0.4, -0.2) is 22.8 Å². The van der Waals surface area contributed by atoms with Gasteiger partial charge in [-0.15, -0.1) is 0 Å². The number of nitrogens with one attached hydrogen (secondary N) is 1. The predicted octanol–water partition coefficient (Wildman–Crippen LogP) is 2.69. The number of aliphatic carboxylic acids is 1. The van der Waals surface area contributed by atoms with Crippen molar-refractivity contribution in [1.29, 1.82) is 5.26 Å². The molecular weight excluding hydrogens is 308 g/mol. The van der Waals surface area contributed by atoms with Gasteiger partial charge in [0.05, 0.1) is 24.8 Å². The zero-order valence-electron chi connectivity index (χ0n) is 13.2. The smallest absolute Gasteiger partial charge is 0.330 e. The van der Waals surface area contributed by atoms with Crippen molar-refractivity contribution in [1.82, 2.24) is 0 Å². The van der Waals surface area contributed by atoms with Gasteiger partial charge in [-0.1, -0.05) is 6.07 Å². The summed E-state index contributed by atoms with van der Waals surface area (Å²) >= 11 is 0. The van der Waals surface area contributed by atoms with E-state index in [9.17, 15) is 15.0 Å². The second-order valence-electron chi connectivity index (χ2n) is 5.11. The molecule has 0 aromatic heterocycles. The van der Waals surface area contributed by atoms with Crippen molar-refractivity contribution in [2.45, 2.75) is 19.6 Å². The summed E-state index contributed by atoms with van der Waals surface area (Å²) in [7, 11) is 0. The van der Waals surface area contributed by atoms with Gasteiger partial charge in [-0.3, -0.25) is 0 Å². The normalized spacial score (nSPS) is 11.4. The molecule has 0 aliphatic heterocycles. The Morgan fingerprint density at radius 1 is 1.29 bits per heavy atom. The standard InChI is InChI=1S/C18H18N2O4/c1-2-24-16-8-13(11-21)7-14(9-16)17(18(22)23)20-15-5-3-12(10-19)4-6-15/h3-9,17,20-21H,2,11H2,1H3,(H,22,23). The number of ether oxygens (including phenoxy) is 1. The first kappa shape index (κ1) is 17.3. The second kappa shape index (κ2) is 7.99. The van der Waals surface area contributed by atoms with E-state index in [1.54, 1.807) is 42.5 Å². The number of aliphatic hydroxyl groups is 1. The molecule has 0 heterocycles. The maximum absolute atomic E-state index is 11.7. The number of carboxylic acids is 1. The lowest BCUT2D eigenvalue weighted by Gasteiger charge is -2.18. The highest BCUT2D eigenvalue weighted by Crippen LogP contribution is 2.26. The van der Waals surface area contributed by atoms with Gasteiger partial charge >= 0.3 is 5.97 Å². The van der Waals surface area contributed by atoms with Crippen molar-refractivity contribution in [2.75, 3.05) is 11.9 Å². The lowest BCUT2D eigenvalue weighted by atomic mass is 10.0. The summed E-state index contributed by atoms with van der Waals surface area (Å²) in [6.07, 6.45) is 0. The van der Waals surface area contributed by atoms with Crippen molar-refractivity contribution in [2.24, 2.45) is 0 Å². The number of hydrogen-bond acceptors (Lipinski definition) is 5. The highest BCUT2D eigenvalue weighted by atomic mass is 16.5. The molecule has 2 rings (SSSR count). The molecule has 6 nitrogen and oxygen atoms in total. The number of benzene rings is 2. The van der Waals surface area contributed by atoms with E-state index in [0.29, 0.717) is 34.7 Å². The predicted molar refractivity (Wildman–Crippen MR) is 88.7 cm³/mol. The van der Waals surface area contributed by atoms with Crippen LogP contribution < -0.4 is 10.1 Å². The Bertz CT molecular complexity index is 751. The minimum atomic E-state index is -1.06. The Hall–Kier alpha value is -3.04. The molecule has 0 spiro atoms. The summed E-state index contributed by atoms with van der Waals surface area (Å²) in [4.78, 5) is 11.7. The van der Waals surface area contributed by atoms with Gasteiger partial charge in [-0.25, -0.2) is 4.79 Å². The third-order valence-electron chi connectivity index (χ3n) is 3.39. The summed E-state index contributed by atoms with van der Waals surface area (Å²) in [5.74, 6) is -0.552. The topological polar surface area (TPSA) is 103 Å². The molecule has 0 saturated carbocycles. The highest BCUT2D eigenvalue weighted by Gasteiger charge is 2.21. The molecule has 0 aliphatic rings. The molecule has 124 valence electrons. The van der Waals surface area contributed by atoms with Crippen LogP contribution in [-0.2, 0) is 11.4 Å². The second-order valence-corrected chi connectivity index (χ2v) is 5.11. The number of carboxylic acid groups (broad SMARTS) is 1. The Labute approximate surface area is 139 Å². The molecule has 6 heteroatoms. The molecule has 0 radical (unpaired) electrons. The van der Waals surface area contributed by atoms with Crippen LogP contribution in [0.4, 0.5) is 5.69 Å². The van der Waals surface area contributed by atoms with Crippen molar-refractivity contribution < 1.29 is 19.7 Å². The van der Waals surface area contributed by atoms with Crippen molar-refractivity contribution in [3.8, 4) is 11.8 Å². The van der Waals surface area contributed by atoms with Crippen molar-refractivity contribution >= 4 is 11.7 Å². The fourth-order valence-corrected chi connectivity index (χ4v) is 2.29. The highest BCUT2D eigenvalue weighted by molar-refractivity contribution is 5.79. The van der Waals surface area contributed by atoms with Crippen LogP contribution in [0, 0.1) is 11.3 Å². The van der Waals surface area contributed by atoms with Gasteiger partial charge in [0.2, 0.25) is 0 Å². The molecular formula is C18H18N2O4. The average molecular weight is 326 g/mol. The Morgan fingerprint density at radius 2 is 2.00 bits per heavy atom. The van der Waals surface area contributed by atoms with E-state index >= 15 is 0 Å². The molecule has 0 aliphatic carbocycles. The largest absolute Gasteiger partial charge is 0.494 e. The van der Waals surface area contributed by atoms with E-state index in [2.05, 4.69) is 5.32 Å². The third-order valence-corrected chi connectivity index (χ3v) is 3.39. The summed E-state index contributed by atoms with van der Waals surface area (Å²) < 4.78 is 5.43. The Kier molecular flexibility index (Phi) is 5.77. The lowest BCUT2D eigenvalue weighted by Crippen LogP contribution is -2.20. The molecule has 1 unspecified atom stereocenters. The van der Waals surface area contributed by atoms with Crippen LogP contribution in [0.1, 0.15) is 29.7 Å². The molecule has 2 aromatic carbocycles. The van der Waals surface area contributed by atoms with Gasteiger partial charge in [0, 0.05) is 5.69 Å². The Balaban J connectivity index is 2.34. The van der Waals surface area contributed by atoms with Crippen LogP contribution in [0.5, 0.6) is 5.75 Å². The van der Waals surface area contributed by atoms with Crippen molar-refractivity contribution in [3.05, 3.63) is 59.2 Å². The van der Waals surface area contributed by atoms with E-state index in [0.717, 1.165) is 0 Å². The van der Waals surface area contributed by atoms with Gasteiger partial charge in [0.1, 0.15) is 5.75 Å². The molecule has 1 atom stereocenters. The van der Waals surface area contributed by atoms with E-state index in [1.165, 1.54) is 0 Å². The monoisotopic (exact) mass is 326 g/mol. The van der Waals surface area contributed by atoms with Gasteiger partial charge in [0.25, 0.3) is 0 Å². The lowest BCUT2D eigenvalue weighted by molar-refractivity contribution is -0.138. The first-order valence-corrected chi connectivity index (χ1v) is 7.44. The molecule has 2 aromatic rings. The quantitative estimate of drug-likeness (QED) is 0.723. The van der Waals surface area contributed by atoms with Crippen molar-refractivity contribution in [3.63, 3.8) is 0 Å². The van der Waals surface area contributed by atoms with E-state index in [-0.39, 0.29) is 6.61 Å². The summed E-state index contributed by atoms with van der Waals surface area (Å²) in [6.45, 7) is 2.06. The molecule has 0 amide bonds. The van der Waals surface area contributed by atoms with Crippen LogP contribution in [0.25, 0.3) is 0 Å². The molecule has 0 bridgehead atoms. The number of aliphatic hydroxyl groups excluding tert-OH is 1. The zero-order chi connectivity index (χ0) is 17.5. The van der Waals surface area contributed by atoms with Gasteiger partial charge in [-0.05, 0) is 54.4 Å². The van der Waals surface area contributed by atoms with Crippen LogP contribution in [0.2, 0.25) is 0 Å². The summed E-state index contributed by atoms with van der Waals surface area (Å²) in [5.41, 5.74) is 2.12. The number of nitriles is 1. The first-order chi connectivity index (χ1) is 11.6. The first-order valence-electron chi connectivity index (χ1n) is 7.44. The number of hydrogen-bond donors (Lipinski definition) is 3. The third kappa shape index (κ3) is 4.24. The van der Waals surface area contributed by atoms with Crippen LogP contribution in [0.15, 0.2) is 42.5 Å². The summed E-state index contributed by atoms with van der Waals surface area (Å²) in [5, 5.41) is 30.7. The van der Waals surface area contributed by atoms with E-state index in [1.807, 2.05) is 13.0 Å². The molecule has 0 fully saturated rings. The zero-order valence-corrected chi connectivity index (χ0v) is 13.2. The van der Waals surface area contributed by atoms with Gasteiger partial charge < -0.3 is 20.3 Å². The SMILES string of the molecule is CCOc1cc(CO)cc(C(Nc2ccc(C#N)cc2)C(=O)O)c1. The van der Waals surface area contributed by atoms with E-state index < -0.39 is 12.0 Å². The molecule has 0 saturated heterocycles. The Morgan fingerprint density at radius 3 is 2.54 bits per heavy atom. The molecule has 3 N–H and O–H groups in total. The number of anilines is 1. The maximum atomic E-state index is 11.7. The maximum Gasteiger partial charge on any atom is 0.330 e. The molecule has 24 heavy (non-hydrogen) atoms. The minimum absolute atomic E-state index is 0.211. The summed E-state index contributed by atoms with van der Waals surface area (Å²) in [6, 6.07) is 12.4. The van der Waals surface area contributed by atoms with Gasteiger partial charge in [-0.2, -0.15) is 5.26 Å². The van der Waals surface area contributed by atoms with Crippen LogP contribution >= 0.6 is 0 Å². The number of rotatable bonds is 7. The average Bonchev–Trinajstić information content (AvgIpc) is 2.59. The minimum Gasteiger partial charge on any atom is -0.494 e. The number of carbonyl (C=O) groups is 1. The van der Waals surface area contributed by atoms with Gasteiger partial charge in [0.15, 0.2) is 6.04 Å². The van der Waals surface area contributed by atoms with Crippen LogP contribution in [0.3, 0.4) is 0 Å². The van der Waals surface area contributed by atoms with E-state index in [4.69, 9.17) is 10.00 Å².